The molecular weight excluding hydrogens is 338 g/mol. The molecule has 136 valence electrons. The monoisotopic (exact) mass is 357 g/mol. The molecule has 26 heavy (non-hydrogen) atoms. The van der Waals surface area contributed by atoms with Crippen LogP contribution in [0.3, 0.4) is 0 Å². The topological polar surface area (TPSA) is 98.2 Å². The van der Waals surface area contributed by atoms with Crippen LogP contribution in [-0.4, -0.2) is 39.4 Å². The molecule has 0 radical (unpaired) electrons. The highest BCUT2D eigenvalue weighted by atomic mass is 16.5. The number of benzene rings is 2. The number of rotatable bonds is 6. The van der Waals surface area contributed by atoms with Gasteiger partial charge in [-0.3, -0.25) is 9.59 Å². The van der Waals surface area contributed by atoms with Gasteiger partial charge < -0.3 is 19.5 Å². The van der Waals surface area contributed by atoms with E-state index >= 15 is 0 Å². The minimum Gasteiger partial charge on any atom is -0.497 e. The first kappa shape index (κ1) is 18.8. The summed E-state index contributed by atoms with van der Waals surface area (Å²) in [7, 11) is 4.53. The second-order valence-electron chi connectivity index (χ2n) is 4.99. The number of hydrogen-bond acceptors (Lipinski definition) is 6. The quantitative estimate of drug-likeness (QED) is 0.467. The molecule has 0 saturated carbocycles. The number of anilines is 1. The van der Waals surface area contributed by atoms with Crippen LogP contribution >= 0.6 is 0 Å². The van der Waals surface area contributed by atoms with Crippen LogP contribution in [-0.2, 0) is 9.59 Å². The van der Waals surface area contributed by atoms with E-state index in [9.17, 15) is 9.59 Å². The Morgan fingerprint density at radius 3 is 2.15 bits per heavy atom. The van der Waals surface area contributed by atoms with Crippen molar-refractivity contribution >= 4 is 23.7 Å². The van der Waals surface area contributed by atoms with Crippen LogP contribution in [0.1, 0.15) is 5.56 Å². The van der Waals surface area contributed by atoms with Crippen molar-refractivity contribution in [3.05, 3.63) is 48.0 Å². The van der Waals surface area contributed by atoms with Crippen LogP contribution in [0.2, 0.25) is 0 Å². The summed E-state index contributed by atoms with van der Waals surface area (Å²) in [4.78, 5) is 23.8. The van der Waals surface area contributed by atoms with Crippen LogP contribution in [0.25, 0.3) is 0 Å². The van der Waals surface area contributed by atoms with Crippen molar-refractivity contribution in [3.63, 3.8) is 0 Å². The summed E-state index contributed by atoms with van der Waals surface area (Å²) < 4.78 is 15.3. The summed E-state index contributed by atoms with van der Waals surface area (Å²) in [6.07, 6.45) is 1.42. The van der Waals surface area contributed by atoms with E-state index in [-0.39, 0.29) is 0 Å². The van der Waals surface area contributed by atoms with Gasteiger partial charge in [-0.25, -0.2) is 5.43 Å². The number of amides is 2. The minimum absolute atomic E-state index is 0.340. The Hall–Kier alpha value is -3.55. The average molecular weight is 357 g/mol. The molecule has 0 atom stereocenters. The third kappa shape index (κ3) is 4.97. The Morgan fingerprint density at radius 1 is 0.885 bits per heavy atom. The lowest BCUT2D eigenvalue weighted by atomic mass is 10.2. The summed E-state index contributed by atoms with van der Waals surface area (Å²) in [5.74, 6) is -0.146. The fourth-order valence-corrected chi connectivity index (χ4v) is 1.99. The lowest BCUT2D eigenvalue weighted by Crippen LogP contribution is -2.32. The zero-order valence-electron chi connectivity index (χ0n) is 14.6. The Labute approximate surface area is 150 Å². The highest BCUT2D eigenvalue weighted by Gasteiger charge is 2.15. The number of nitrogens with zero attached hydrogens (tertiary/aromatic N) is 1. The smallest absolute Gasteiger partial charge is 0.329 e. The van der Waals surface area contributed by atoms with Crippen LogP contribution in [0.15, 0.2) is 47.6 Å². The number of hydrogen-bond donors (Lipinski definition) is 2. The number of hydrazone groups is 1. The molecule has 0 fully saturated rings. The van der Waals surface area contributed by atoms with Gasteiger partial charge in [0.1, 0.15) is 17.2 Å². The molecular formula is C18H19N3O5. The van der Waals surface area contributed by atoms with Crippen LogP contribution < -0.4 is 25.0 Å². The summed E-state index contributed by atoms with van der Waals surface area (Å²) in [6.45, 7) is 0. The minimum atomic E-state index is -0.910. The van der Waals surface area contributed by atoms with Gasteiger partial charge in [0.2, 0.25) is 0 Å². The second kappa shape index (κ2) is 9.07. The van der Waals surface area contributed by atoms with E-state index in [1.165, 1.54) is 20.4 Å². The Morgan fingerprint density at radius 2 is 1.54 bits per heavy atom. The first-order valence-electron chi connectivity index (χ1n) is 7.58. The van der Waals surface area contributed by atoms with Crippen molar-refractivity contribution in [1.82, 2.24) is 5.43 Å². The molecule has 0 unspecified atom stereocenters. The van der Waals surface area contributed by atoms with E-state index in [1.54, 1.807) is 49.6 Å². The van der Waals surface area contributed by atoms with E-state index in [4.69, 9.17) is 14.2 Å². The van der Waals surface area contributed by atoms with Crippen molar-refractivity contribution in [2.45, 2.75) is 0 Å². The molecule has 0 bridgehead atoms. The first-order valence-corrected chi connectivity index (χ1v) is 7.58. The molecule has 2 amide bonds. The van der Waals surface area contributed by atoms with Gasteiger partial charge in [-0.2, -0.15) is 5.10 Å². The maximum absolute atomic E-state index is 12.0. The third-order valence-corrected chi connectivity index (χ3v) is 3.36. The number of carbonyl (C=O) groups is 2. The normalized spacial score (nSPS) is 10.3. The predicted molar refractivity (Wildman–Crippen MR) is 96.9 cm³/mol. The second-order valence-corrected chi connectivity index (χ2v) is 4.99. The van der Waals surface area contributed by atoms with E-state index in [1.807, 2.05) is 0 Å². The van der Waals surface area contributed by atoms with Gasteiger partial charge in [-0.05, 0) is 42.0 Å². The van der Waals surface area contributed by atoms with Crippen molar-refractivity contribution < 1.29 is 23.8 Å². The predicted octanol–water partition coefficient (Wildman–Crippen LogP) is 1.80. The van der Waals surface area contributed by atoms with Gasteiger partial charge in [-0.1, -0.05) is 0 Å². The largest absolute Gasteiger partial charge is 0.497 e. The summed E-state index contributed by atoms with van der Waals surface area (Å²) in [6, 6.07) is 11.8. The maximum atomic E-state index is 12.0. The highest BCUT2D eigenvalue weighted by molar-refractivity contribution is 6.39. The molecule has 0 aliphatic rings. The van der Waals surface area contributed by atoms with E-state index in [2.05, 4.69) is 15.8 Å². The maximum Gasteiger partial charge on any atom is 0.329 e. The molecule has 8 nitrogen and oxygen atoms in total. The standard InChI is InChI=1S/C18H19N3O5/c1-24-13-6-4-12(5-7-13)11-19-21-18(23)17(22)20-15-9-8-14(25-2)10-16(15)26-3/h4-11H,1-3H3,(H,20,22)(H,21,23)/b19-11+. The number of ether oxygens (including phenoxy) is 3. The number of carbonyl (C=O) groups excluding carboxylic acids is 2. The molecule has 0 heterocycles. The molecule has 0 spiro atoms. The van der Waals surface area contributed by atoms with Gasteiger partial charge >= 0.3 is 11.8 Å². The highest BCUT2D eigenvalue weighted by Crippen LogP contribution is 2.28. The Kier molecular flexibility index (Phi) is 6.55. The number of nitrogens with one attached hydrogen (secondary N) is 2. The molecule has 2 aromatic carbocycles. The fraction of sp³-hybridized carbons (Fsp3) is 0.167. The Bertz CT molecular complexity index is 803. The third-order valence-electron chi connectivity index (χ3n) is 3.36. The Balaban J connectivity index is 1.95. The molecule has 8 heteroatoms. The van der Waals surface area contributed by atoms with E-state index < -0.39 is 11.8 Å². The molecule has 0 saturated heterocycles. The molecule has 2 rings (SSSR count). The lowest BCUT2D eigenvalue weighted by molar-refractivity contribution is -0.136. The molecule has 0 aliphatic carbocycles. The van der Waals surface area contributed by atoms with Crippen molar-refractivity contribution in [1.29, 1.82) is 0 Å². The summed E-state index contributed by atoms with van der Waals surface area (Å²) >= 11 is 0. The van der Waals surface area contributed by atoms with Crippen LogP contribution in [0, 0.1) is 0 Å². The summed E-state index contributed by atoms with van der Waals surface area (Å²) in [5, 5.41) is 6.21. The van der Waals surface area contributed by atoms with Gasteiger partial charge in [-0.15, -0.1) is 0 Å². The van der Waals surface area contributed by atoms with E-state index in [0.29, 0.717) is 22.9 Å². The zero-order chi connectivity index (χ0) is 18.9. The fourth-order valence-electron chi connectivity index (χ4n) is 1.99. The molecule has 2 N–H and O–H groups in total. The lowest BCUT2D eigenvalue weighted by Gasteiger charge is -2.10. The van der Waals surface area contributed by atoms with Gasteiger partial charge in [0.15, 0.2) is 0 Å². The SMILES string of the molecule is COc1ccc(/C=N/NC(=O)C(=O)Nc2ccc(OC)cc2OC)cc1. The van der Waals surface area contributed by atoms with Gasteiger partial charge in [0, 0.05) is 6.07 Å². The van der Waals surface area contributed by atoms with Gasteiger partial charge in [0.25, 0.3) is 0 Å². The zero-order valence-corrected chi connectivity index (χ0v) is 14.6. The van der Waals surface area contributed by atoms with Crippen molar-refractivity contribution in [2.24, 2.45) is 5.10 Å². The van der Waals surface area contributed by atoms with Crippen LogP contribution in [0.5, 0.6) is 17.2 Å². The first-order chi connectivity index (χ1) is 12.6. The van der Waals surface area contributed by atoms with E-state index in [0.717, 1.165) is 5.56 Å². The summed E-state index contributed by atoms with van der Waals surface area (Å²) in [5.41, 5.74) is 3.24. The van der Waals surface area contributed by atoms with Crippen LogP contribution in [0.4, 0.5) is 5.69 Å². The average Bonchev–Trinajstić information content (AvgIpc) is 2.68. The number of methoxy groups -OCH3 is 3. The van der Waals surface area contributed by atoms with Gasteiger partial charge in [0.05, 0.1) is 33.2 Å². The molecule has 0 aliphatic heterocycles. The van der Waals surface area contributed by atoms with Crippen molar-refractivity contribution in [2.75, 3.05) is 26.6 Å². The molecule has 0 aromatic heterocycles. The molecule has 2 aromatic rings. The van der Waals surface area contributed by atoms with Crippen molar-refractivity contribution in [3.8, 4) is 17.2 Å².